The number of likely N-dealkylation sites (N-methyl/N-ethyl adjacent to an activating group) is 1. The number of rotatable bonds is 1. The lowest BCUT2D eigenvalue weighted by Gasteiger charge is -2.32. The number of aryl methyl sites for hydroxylation is 1. The lowest BCUT2D eigenvalue weighted by Crippen LogP contribution is -2.33. The highest BCUT2D eigenvalue weighted by molar-refractivity contribution is 7.09. The number of fused-ring (bicyclic) bond motifs is 1. The molecule has 0 fully saturated rings. The lowest BCUT2D eigenvalue weighted by atomic mass is 10.1. The highest BCUT2D eigenvalue weighted by Gasteiger charge is 2.24. The molecular formula is C11H13N3S2. The van der Waals surface area contributed by atoms with Crippen molar-refractivity contribution in [1.82, 2.24) is 4.98 Å². The third kappa shape index (κ3) is 1.60. The van der Waals surface area contributed by atoms with Gasteiger partial charge in [-0.1, -0.05) is 0 Å². The molecular weight excluding hydrogens is 238 g/mol. The second-order valence-electron chi connectivity index (χ2n) is 4.04. The van der Waals surface area contributed by atoms with Gasteiger partial charge in [-0.3, -0.25) is 0 Å². The van der Waals surface area contributed by atoms with Gasteiger partial charge < -0.3 is 10.2 Å². The van der Waals surface area contributed by atoms with Gasteiger partial charge in [0.1, 0.15) is 0 Å². The summed E-state index contributed by atoms with van der Waals surface area (Å²) in [5.74, 6) is 0. The van der Waals surface area contributed by atoms with Crippen LogP contribution in [0.3, 0.4) is 0 Å². The summed E-state index contributed by atoms with van der Waals surface area (Å²) in [5.41, 5.74) is 3.69. The Labute approximate surface area is 103 Å². The third-order valence-corrected chi connectivity index (χ3v) is 4.36. The first kappa shape index (κ1) is 10.1. The van der Waals surface area contributed by atoms with E-state index in [0.29, 0.717) is 6.04 Å². The van der Waals surface area contributed by atoms with E-state index >= 15 is 0 Å². The minimum Gasteiger partial charge on any atom is -0.373 e. The number of hydrogen-bond donors (Lipinski definition) is 1. The molecule has 0 amide bonds. The standard InChI is InChI=1S/C11H13N3S2/c1-7-12-9(5-16-7)8-3-14(2)11-6-15-4-10(11)13-8/h4-6,8,13H,3H2,1-2H3. The molecule has 5 heteroatoms. The maximum atomic E-state index is 4.56. The minimum atomic E-state index is 0.317. The quantitative estimate of drug-likeness (QED) is 0.844. The summed E-state index contributed by atoms with van der Waals surface area (Å²) >= 11 is 3.46. The van der Waals surface area contributed by atoms with E-state index in [1.165, 1.54) is 11.4 Å². The average molecular weight is 251 g/mol. The molecule has 3 heterocycles. The first-order valence-corrected chi connectivity index (χ1v) is 7.02. The molecule has 16 heavy (non-hydrogen) atoms. The smallest absolute Gasteiger partial charge is 0.0898 e. The third-order valence-electron chi connectivity index (χ3n) is 2.83. The zero-order valence-corrected chi connectivity index (χ0v) is 10.9. The van der Waals surface area contributed by atoms with Gasteiger partial charge in [-0.05, 0) is 6.92 Å². The van der Waals surface area contributed by atoms with Crippen molar-refractivity contribution in [3.05, 3.63) is 26.8 Å². The number of aromatic nitrogens is 1. The van der Waals surface area contributed by atoms with E-state index in [9.17, 15) is 0 Å². The number of nitrogens with one attached hydrogen (secondary N) is 1. The molecule has 1 N–H and O–H groups in total. The van der Waals surface area contributed by atoms with Crippen LogP contribution in [0.15, 0.2) is 16.1 Å². The Balaban J connectivity index is 1.91. The van der Waals surface area contributed by atoms with Gasteiger partial charge in [-0.25, -0.2) is 4.98 Å². The molecule has 0 saturated heterocycles. The zero-order chi connectivity index (χ0) is 11.1. The normalized spacial score (nSPS) is 19.4. The number of hydrogen-bond acceptors (Lipinski definition) is 5. The van der Waals surface area contributed by atoms with Gasteiger partial charge in [0.05, 0.1) is 28.1 Å². The van der Waals surface area contributed by atoms with Crippen molar-refractivity contribution in [2.45, 2.75) is 13.0 Å². The molecule has 84 valence electrons. The molecule has 3 nitrogen and oxygen atoms in total. The summed E-state index contributed by atoms with van der Waals surface area (Å²) in [4.78, 5) is 6.85. The first-order valence-electron chi connectivity index (χ1n) is 5.20. The largest absolute Gasteiger partial charge is 0.373 e. The Bertz CT molecular complexity index is 503. The van der Waals surface area contributed by atoms with Crippen molar-refractivity contribution in [1.29, 1.82) is 0 Å². The Kier molecular flexibility index (Phi) is 2.37. The Hall–Kier alpha value is -1.07. The summed E-state index contributed by atoms with van der Waals surface area (Å²) in [5, 5.41) is 11.2. The van der Waals surface area contributed by atoms with Gasteiger partial charge in [0.15, 0.2) is 0 Å². The predicted octanol–water partition coefficient (Wildman–Crippen LogP) is 3.12. The van der Waals surface area contributed by atoms with Crippen LogP contribution in [0.25, 0.3) is 0 Å². The van der Waals surface area contributed by atoms with E-state index in [1.54, 1.807) is 22.7 Å². The highest BCUT2D eigenvalue weighted by atomic mass is 32.1. The minimum absolute atomic E-state index is 0.317. The second-order valence-corrected chi connectivity index (χ2v) is 5.85. The molecule has 3 rings (SSSR count). The molecule has 0 aromatic carbocycles. The van der Waals surface area contributed by atoms with Crippen molar-refractivity contribution in [3.8, 4) is 0 Å². The van der Waals surface area contributed by atoms with Gasteiger partial charge in [-0.2, -0.15) is 0 Å². The van der Waals surface area contributed by atoms with Crippen molar-refractivity contribution in [3.63, 3.8) is 0 Å². The predicted molar refractivity (Wildman–Crippen MR) is 70.8 cm³/mol. The molecule has 0 saturated carbocycles. The van der Waals surface area contributed by atoms with E-state index in [0.717, 1.165) is 17.2 Å². The molecule has 1 unspecified atom stereocenters. The number of nitrogens with zero attached hydrogens (tertiary/aromatic N) is 2. The molecule has 0 aliphatic carbocycles. The van der Waals surface area contributed by atoms with E-state index in [1.807, 2.05) is 0 Å². The van der Waals surface area contributed by atoms with Crippen LogP contribution in [0.2, 0.25) is 0 Å². The fourth-order valence-electron chi connectivity index (χ4n) is 2.01. The van der Waals surface area contributed by atoms with Crippen molar-refractivity contribution >= 4 is 34.0 Å². The van der Waals surface area contributed by atoms with Crippen LogP contribution >= 0.6 is 22.7 Å². The number of anilines is 2. The van der Waals surface area contributed by atoms with Crippen LogP contribution < -0.4 is 10.2 Å². The van der Waals surface area contributed by atoms with E-state index in [2.05, 4.69) is 45.3 Å². The van der Waals surface area contributed by atoms with Crippen LogP contribution in [-0.2, 0) is 0 Å². The average Bonchev–Trinajstić information content (AvgIpc) is 2.85. The second kappa shape index (κ2) is 3.75. The summed E-state index contributed by atoms with van der Waals surface area (Å²) in [6.45, 7) is 3.03. The fourth-order valence-corrected chi connectivity index (χ4v) is 3.50. The Morgan fingerprint density at radius 1 is 1.44 bits per heavy atom. The fraction of sp³-hybridized carbons (Fsp3) is 0.364. The lowest BCUT2D eigenvalue weighted by molar-refractivity contribution is 0.710. The van der Waals surface area contributed by atoms with Crippen LogP contribution in [0, 0.1) is 6.92 Å². The molecule has 0 radical (unpaired) electrons. The van der Waals surface area contributed by atoms with Gasteiger partial charge in [-0.15, -0.1) is 22.7 Å². The van der Waals surface area contributed by atoms with Gasteiger partial charge in [0.2, 0.25) is 0 Å². The van der Waals surface area contributed by atoms with Crippen LogP contribution in [0.1, 0.15) is 16.7 Å². The van der Waals surface area contributed by atoms with Gasteiger partial charge >= 0.3 is 0 Å². The van der Waals surface area contributed by atoms with Crippen molar-refractivity contribution in [2.24, 2.45) is 0 Å². The summed E-state index contributed by atoms with van der Waals surface area (Å²) in [6.07, 6.45) is 0. The highest BCUT2D eigenvalue weighted by Crippen LogP contribution is 2.37. The van der Waals surface area contributed by atoms with Crippen LogP contribution in [0.5, 0.6) is 0 Å². The summed E-state index contributed by atoms with van der Waals surface area (Å²) < 4.78 is 0. The van der Waals surface area contributed by atoms with Gasteiger partial charge in [0.25, 0.3) is 0 Å². The van der Waals surface area contributed by atoms with Crippen molar-refractivity contribution < 1.29 is 0 Å². The molecule has 1 atom stereocenters. The molecule has 1 aliphatic rings. The monoisotopic (exact) mass is 251 g/mol. The van der Waals surface area contributed by atoms with E-state index < -0.39 is 0 Å². The van der Waals surface area contributed by atoms with E-state index in [4.69, 9.17) is 0 Å². The number of thiophene rings is 1. The Morgan fingerprint density at radius 2 is 2.31 bits per heavy atom. The zero-order valence-electron chi connectivity index (χ0n) is 9.23. The maximum Gasteiger partial charge on any atom is 0.0898 e. The SMILES string of the molecule is Cc1nc(C2CN(C)c3cscc3N2)cs1. The molecule has 0 spiro atoms. The van der Waals surface area contributed by atoms with Crippen LogP contribution in [-0.4, -0.2) is 18.6 Å². The first-order chi connectivity index (χ1) is 7.74. The molecule has 2 aromatic heterocycles. The van der Waals surface area contributed by atoms with E-state index in [-0.39, 0.29) is 0 Å². The number of thiazole rings is 1. The van der Waals surface area contributed by atoms with Crippen molar-refractivity contribution in [2.75, 3.05) is 23.8 Å². The topological polar surface area (TPSA) is 28.2 Å². The molecule has 1 aliphatic heterocycles. The summed E-state index contributed by atoms with van der Waals surface area (Å²) in [7, 11) is 2.14. The molecule has 2 aromatic rings. The Morgan fingerprint density at radius 3 is 3.06 bits per heavy atom. The van der Waals surface area contributed by atoms with Crippen LogP contribution in [0.4, 0.5) is 11.4 Å². The molecule has 0 bridgehead atoms. The maximum absolute atomic E-state index is 4.56. The summed E-state index contributed by atoms with van der Waals surface area (Å²) in [6, 6.07) is 0.317. The van der Waals surface area contributed by atoms with Gasteiger partial charge in [0, 0.05) is 29.7 Å².